The number of aliphatic carboxylic acids is 1. The molecule has 1 aromatic heterocycles. The maximum absolute atomic E-state index is 12.2. The van der Waals surface area contributed by atoms with Crippen molar-refractivity contribution in [2.75, 3.05) is 50.0 Å². The number of carboxylic acid groups (broad SMARTS) is 1. The van der Waals surface area contributed by atoms with E-state index in [-0.39, 0.29) is 11.8 Å². The number of alkyl halides is 3. The molecule has 3 N–H and O–H groups in total. The number of carbonyl (C=O) groups is 2. The highest BCUT2D eigenvalue weighted by Gasteiger charge is 2.38. The third kappa shape index (κ3) is 8.79. The number of hydrogen-bond acceptors (Lipinski definition) is 8. The van der Waals surface area contributed by atoms with Gasteiger partial charge in [-0.15, -0.1) is 5.10 Å². The van der Waals surface area contributed by atoms with Gasteiger partial charge >= 0.3 is 18.2 Å². The van der Waals surface area contributed by atoms with Gasteiger partial charge < -0.3 is 24.9 Å². The largest absolute Gasteiger partial charge is 0.490 e. The Morgan fingerprint density at radius 1 is 1.08 bits per heavy atom. The zero-order valence-electron chi connectivity index (χ0n) is 19.7. The lowest BCUT2D eigenvalue weighted by molar-refractivity contribution is -0.192. The van der Waals surface area contributed by atoms with Crippen LogP contribution in [0.2, 0.25) is 0 Å². The van der Waals surface area contributed by atoms with Gasteiger partial charge in [0.25, 0.3) is 0 Å². The second kappa shape index (κ2) is 13.2. The lowest BCUT2D eigenvalue weighted by Crippen LogP contribution is -2.37. The van der Waals surface area contributed by atoms with Crippen LogP contribution < -0.4 is 10.6 Å². The standard InChI is InChI=1S/C21H29N5O3.C2HF3O2/c27-19(16-4-1-2-5-16)23-18-8-6-17(7-9-18)20-24-25-21(29-20)22-10-3-11-26-12-14-28-15-13-26;3-2(4,5)1(6)7/h6-9,16H,1-5,10-15H2,(H,22,25)(H,23,27);(H,6,7). The van der Waals surface area contributed by atoms with Crippen molar-refractivity contribution in [3.63, 3.8) is 0 Å². The number of rotatable bonds is 8. The molecule has 0 bridgehead atoms. The molecule has 0 unspecified atom stereocenters. The van der Waals surface area contributed by atoms with E-state index in [0.29, 0.717) is 11.9 Å². The fourth-order valence-electron chi connectivity index (χ4n) is 3.86. The van der Waals surface area contributed by atoms with Crippen LogP contribution in [-0.2, 0) is 14.3 Å². The maximum atomic E-state index is 12.2. The molecule has 0 atom stereocenters. The Balaban J connectivity index is 0.000000454. The number of carboxylic acids is 1. The normalized spacial score (nSPS) is 16.8. The molecule has 2 fully saturated rings. The zero-order chi connectivity index (χ0) is 26.0. The fraction of sp³-hybridized carbons (Fsp3) is 0.565. The SMILES string of the molecule is O=C(Nc1ccc(-c2nnc(NCCCN3CCOCC3)o2)cc1)C1CCCC1.O=C(O)C(F)(F)F. The molecule has 36 heavy (non-hydrogen) atoms. The molecular formula is C23H30F3N5O5. The number of amides is 1. The van der Waals surface area contributed by atoms with E-state index in [2.05, 4.69) is 25.7 Å². The predicted octanol–water partition coefficient (Wildman–Crippen LogP) is 3.63. The van der Waals surface area contributed by atoms with E-state index < -0.39 is 12.1 Å². The number of carbonyl (C=O) groups excluding carboxylic acids is 1. The monoisotopic (exact) mass is 513 g/mol. The molecule has 10 nitrogen and oxygen atoms in total. The van der Waals surface area contributed by atoms with Crippen molar-refractivity contribution in [2.45, 2.75) is 38.3 Å². The van der Waals surface area contributed by atoms with Crippen LogP contribution in [0.4, 0.5) is 24.9 Å². The van der Waals surface area contributed by atoms with E-state index in [1.54, 1.807) is 0 Å². The molecule has 4 rings (SSSR count). The Morgan fingerprint density at radius 2 is 1.72 bits per heavy atom. The molecule has 2 aliphatic rings. The van der Waals surface area contributed by atoms with Crippen molar-refractivity contribution < 1.29 is 37.0 Å². The number of halogens is 3. The van der Waals surface area contributed by atoms with Gasteiger partial charge in [0.2, 0.25) is 11.8 Å². The number of morpholine rings is 1. The van der Waals surface area contributed by atoms with Crippen LogP contribution in [0.1, 0.15) is 32.1 Å². The van der Waals surface area contributed by atoms with E-state index in [0.717, 1.165) is 82.7 Å². The molecule has 1 aliphatic carbocycles. The van der Waals surface area contributed by atoms with Gasteiger partial charge in [0.05, 0.1) is 13.2 Å². The van der Waals surface area contributed by atoms with Crippen LogP contribution >= 0.6 is 0 Å². The summed E-state index contributed by atoms with van der Waals surface area (Å²) in [5.41, 5.74) is 1.63. The predicted molar refractivity (Wildman–Crippen MR) is 124 cm³/mol. The van der Waals surface area contributed by atoms with E-state index in [1.165, 1.54) is 0 Å². The molecule has 1 saturated carbocycles. The van der Waals surface area contributed by atoms with E-state index >= 15 is 0 Å². The van der Waals surface area contributed by atoms with Crippen LogP contribution in [0, 0.1) is 5.92 Å². The number of aromatic nitrogens is 2. The molecule has 0 radical (unpaired) electrons. The first-order chi connectivity index (χ1) is 17.2. The minimum atomic E-state index is -5.08. The Labute approximate surface area is 206 Å². The summed E-state index contributed by atoms with van der Waals surface area (Å²) in [5, 5.41) is 21.5. The van der Waals surface area contributed by atoms with Crippen molar-refractivity contribution in [3.05, 3.63) is 24.3 Å². The number of nitrogens with one attached hydrogen (secondary N) is 2. The van der Waals surface area contributed by atoms with Crippen molar-refractivity contribution in [3.8, 4) is 11.5 Å². The van der Waals surface area contributed by atoms with Gasteiger partial charge in [-0.2, -0.15) is 13.2 Å². The Morgan fingerprint density at radius 3 is 2.33 bits per heavy atom. The Bertz CT molecular complexity index is 971. The highest BCUT2D eigenvalue weighted by atomic mass is 19.4. The van der Waals surface area contributed by atoms with Crippen LogP contribution in [0.3, 0.4) is 0 Å². The average Bonchev–Trinajstić information content (AvgIpc) is 3.56. The van der Waals surface area contributed by atoms with Crippen molar-refractivity contribution >= 4 is 23.6 Å². The lowest BCUT2D eigenvalue weighted by Gasteiger charge is -2.26. The first-order valence-corrected chi connectivity index (χ1v) is 11.8. The summed E-state index contributed by atoms with van der Waals surface area (Å²) >= 11 is 0. The summed E-state index contributed by atoms with van der Waals surface area (Å²) in [6.07, 6.45) is 0.213. The summed E-state index contributed by atoms with van der Waals surface area (Å²) in [7, 11) is 0. The van der Waals surface area contributed by atoms with Gasteiger partial charge in [-0.3, -0.25) is 9.69 Å². The quantitative estimate of drug-likeness (QED) is 0.453. The number of benzene rings is 1. The highest BCUT2D eigenvalue weighted by Crippen LogP contribution is 2.27. The van der Waals surface area contributed by atoms with Crippen molar-refractivity contribution in [1.29, 1.82) is 0 Å². The summed E-state index contributed by atoms with van der Waals surface area (Å²) in [5.74, 6) is -2.01. The number of anilines is 2. The number of hydrogen-bond donors (Lipinski definition) is 3. The minimum Gasteiger partial charge on any atom is -0.475 e. The van der Waals surface area contributed by atoms with E-state index in [1.807, 2.05) is 24.3 Å². The molecular weight excluding hydrogens is 483 g/mol. The molecule has 198 valence electrons. The summed E-state index contributed by atoms with van der Waals surface area (Å²) in [4.78, 5) is 23.5. The topological polar surface area (TPSA) is 130 Å². The summed E-state index contributed by atoms with van der Waals surface area (Å²) in [6.45, 7) is 5.47. The molecule has 1 aromatic carbocycles. The molecule has 13 heteroatoms. The van der Waals surface area contributed by atoms with Crippen LogP contribution in [0.25, 0.3) is 11.5 Å². The first kappa shape index (κ1) is 27.4. The van der Waals surface area contributed by atoms with Gasteiger partial charge in [0.1, 0.15) is 0 Å². The second-order valence-electron chi connectivity index (χ2n) is 8.50. The minimum absolute atomic E-state index is 0.122. The van der Waals surface area contributed by atoms with E-state index in [4.69, 9.17) is 19.1 Å². The summed E-state index contributed by atoms with van der Waals surface area (Å²) in [6, 6.07) is 7.96. The molecule has 2 heterocycles. The van der Waals surface area contributed by atoms with Gasteiger partial charge in [-0.25, -0.2) is 4.79 Å². The zero-order valence-corrected chi connectivity index (χ0v) is 19.7. The van der Waals surface area contributed by atoms with Crippen LogP contribution in [0.5, 0.6) is 0 Å². The van der Waals surface area contributed by atoms with Crippen molar-refractivity contribution in [1.82, 2.24) is 15.1 Å². The van der Waals surface area contributed by atoms with Crippen LogP contribution in [0.15, 0.2) is 28.7 Å². The molecule has 1 amide bonds. The Hall–Kier alpha value is -3.19. The van der Waals surface area contributed by atoms with Gasteiger partial charge in [-0.05, 0) is 50.1 Å². The lowest BCUT2D eigenvalue weighted by atomic mass is 10.1. The highest BCUT2D eigenvalue weighted by molar-refractivity contribution is 5.92. The number of nitrogens with zero attached hydrogens (tertiary/aromatic N) is 3. The maximum Gasteiger partial charge on any atom is 0.490 e. The second-order valence-corrected chi connectivity index (χ2v) is 8.50. The van der Waals surface area contributed by atoms with Gasteiger partial charge in [0.15, 0.2) is 0 Å². The molecule has 2 aromatic rings. The fourth-order valence-corrected chi connectivity index (χ4v) is 3.86. The van der Waals surface area contributed by atoms with Crippen LogP contribution in [-0.4, -0.2) is 77.6 Å². The third-order valence-electron chi connectivity index (χ3n) is 5.82. The van der Waals surface area contributed by atoms with Gasteiger partial charge in [-0.1, -0.05) is 17.9 Å². The van der Waals surface area contributed by atoms with Gasteiger partial charge in [0, 0.05) is 36.8 Å². The van der Waals surface area contributed by atoms with Crippen molar-refractivity contribution in [2.24, 2.45) is 5.92 Å². The number of ether oxygens (including phenoxy) is 1. The molecule has 0 spiro atoms. The van der Waals surface area contributed by atoms with E-state index in [9.17, 15) is 18.0 Å². The smallest absolute Gasteiger partial charge is 0.475 e. The first-order valence-electron chi connectivity index (χ1n) is 11.8. The third-order valence-corrected chi connectivity index (χ3v) is 5.82. The molecule has 1 aliphatic heterocycles. The average molecular weight is 514 g/mol. The molecule has 1 saturated heterocycles. The Kier molecular flexibility index (Phi) is 10.1. The summed E-state index contributed by atoms with van der Waals surface area (Å²) < 4.78 is 42.8.